The molecule has 0 aromatic rings. The van der Waals surface area contributed by atoms with Crippen LogP contribution in [-0.4, -0.2) is 34.0 Å². The Morgan fingerprint density at radius 2 is 2.26 bits per heavy atom. The van der Waals surface area contributed by atoms with Crippen LogP contribution >= 0.6 is 0 Å². The first-order valence-electron chi connectivity index (χ1n) is 9.60. The molecule has 0 saturated carbocycles. The predicted molar refractivity (Wildman–Crippen MR) is 103 cm³/mol. The van der Waals surface area contributed by atoms with Gasteiger partial charge in [-0.1, -0.05) is 32.1 Å². The third-order valence-electron chi connectivity index (χ3n) is 6.31. The number of ether oxygens (including phenoxy) is 1. The third-order valence-corrected chi connectivity index (χ3v) is 6.31. The molecule has 6 heteroatoms. The molecule has 1 aliphatic heterocycles. The maximum Gasteiger partial charge on any atom is 0.265 e. The minimum atomic E-state index is -0.472. The molecule has 5 unspecified atom stereocenters. The lowest BCUT2D eigenvalue weighted by molar-refractivity contribution is -0.419. The van der Waals surface area contributed by atoms with E-state index in [2.05, 4.69) is 12.7 Å². The van der Waals surface area contributed by atoms with Gasteiger partial charge in [0.2, 0.25) is 0 Å². The lowest BCUT2D eigenvalue weighted by Gasteiger charge is -2.37. The van der Waals surface area contributed by atoms with Crippen molar-refractivity contribution in [2.45, 2.75) is 51.7 Å². The van der Waals surface area contributed by atoms with E-state index >= 15 is 0 Å². The number of aliphatic hydroxyl groups is 2. The van der Waals surface area contributed by atoms with E-state index < -0.39 is 5.41 Å². The summed E-state index contributed by atoms with van der Waals surface area (Å²) in [5, 5.41) is 31.2. The van der Waals surface area contributed by atoms with Crippen LogP contribution in [0.1, 0.15) is 39.5 Å². The average molecular weight is 375 g/mol. The molecule has 1 fully saturated rings. The number of hydrogen-bond donors (Lipinski definition) is 2. The number of fused-ring (bicyclic) bond motifs is 1. The van der Waals surface area contributed by atoms with Gasteiger partial charge in [-0.3, -0.25) is 10.1 Å². The molecular formula is C21H29NO5. The molecule has 0 aromatic heterocycles. The summed E-state index contributed by atoms with van der Waals surface area (Å²) in [6.45, 7) is 8.19. The molecule has 1 saturated heterocycles. The molecule has 0 aromatic carbocycles. The summed E-state index contributed by atoms with van der Waals surface area (Å²) in [6, 6.07) is 0. The first kappa shape index (κ1) is 19.8. The van der Waals surface area contributed by atoms with Crippen LogP contribution in [0.4, 0.5) is 0 Å². The Kier molecular flexibility index (Phi) is 5.58. The zero-order chi connectivity index (χ0) is 19.8. The Morgan fingerprint density at radius 3 is 2.85 bits per heavy atom. The van der Waals surface area contributed by atoms with E-state index in [9.17, 15) is 20.3 Å². The lowest BCUT2D eigenvalue weighted by Crippen LogP contribution is -2.32. The van der Waals surface area contributed by atoms with Gasteiger partial charge in [-0.25, -0.2) is 0 Å². The SMILES string of the molecule is C=C(O)C(C)(C)CC(C1=CCC(O)CC1)C1COC2C=CC([N+](=O)[O-])=CC21. The van der Waals surface area contributed by atoms with Gasteiger partial charge < -0.3 is 14.9 Å². The molecule has 0 amide bonds. The normalized spacial score (nSPS) is 31.7. The molecule has 27 heavy (non-hydrogen) atoms. The quantitative estimate of drug-likeness (QED) is 0.318. The highest BCUT2D eigenvalue weighted by molar-refractivity contribution is 5.26. The van der Waals surface area contributed by atoms with Crippen LogP contribution < -0.4 is 0 Å². The van der Waals surface area contributed by atoms with E-state index in [-0.39, 0.29) is 46.3 Å². The maximum absolute atomic E-state index is 11.2. The summed E-state index contributed by atoms with van der Waals surface area (Å²) in [5.74, 6) is 0.289. The summed E-state index contributed by atoms with van der Waals surface area (Å²) in [5.41, 5.74) is 0.902. The van der Waals surface area contributed by atoms with Gasteiger partial charge in [0, 0.05) is 17.4 Å². The molecule has 2 aliphatic carbocycles. The van der Waals surface area contributed by atoms with Gasteiger partial charge in [-0.05, 0) is 49.7 Å². The van der Waals surface area contributed by atoms with Crippen LogP contribution in [0.3, 0.4) is 0 Å². The second-order valence-electron chi connectivity index (χ2n) is 8.60. The van der Waals surface area contributed by atoms with Crippen molar-refractivity contribution >= 4 is 0 Å². The number of hydrogen-bond acceptors (Lipinski definition) is 5. The number of nitrogens with zero attached hydrogens (tertiary/aromatic N) is 1. The van der Waals surface area contributed by atoms with E-state index in [1.807, 2.05) is 13.8 Å². The van der Waals surface area contributed by atoms with Crippen LogP contribution in [0.2, 0.25) is 0 Å². The number of rotatable bonds is 6. The minimum absolute atomic E-state index is 0.0593. The monoisotopic (exact) mass is 375 g/mol. The van der Waals surface area contributed by atoms with Gasteiger partial charge in [0.15, 0.2) is 0 Å². The van der Waals surface area contributed by atoms with Crippen LogP contribution in [0.25, 0.3) is 0 Å². The Morgan fingerprint density at radius 1 is 1.52 bits per heavy atom. The number of nitro groups is 1. The van der Waals surface area contributed by atoms with Crippen LogP contribution in [0.15, 0.2) is 47.9 Å². The van der Waals surface area contributed by atoms with E-state index in [1.54, 1.807) is 12.2 Å². The van der Waals surface area contributed by atoms with E-state index in [1.165, 1.54) is 11.6 Å². The number of aliphatic hydroxyl groups excluding tert-OH is 2. The van der Waals surface area contributed by atoms with Crippen molar-refractivity contribution in [3.05, 3.63) is 58.0 Å². The van der Waals surface area contributed by atoms with Gasteiger partial charge in [0.05, 0.1) is 29.5 Å². The summed E-state index contributed by atoms with van der Waals surface area (Å²) in [6.07, 6.45) is 9.54. The van der Waals surface area contributed by atoms with Crippen molar-refractivity contribution in [2.75, 3.05) is 6.61 Å². The third kappa shape index (κ3) is 4.17. The topological polar surface area (TPSA) is 92.8 Å². The van der Waals surface area contributed by atoms with Gasteiger partial charge in [-0.2, -0.15) is 0 Å². The summed E-state index contributed by atoms with van der Waals surface area (Å²) >= 11 is 0. The molecular weight excluding hydrogens is 346 g/mol. The predicted octanol–water partition coefficient (Wildman–Crippen LogP) is 3.92. The molecule has 3 rings (SSSR count). The second kappa shape index (κ2) is 7.60. The van der Waals surface area contributed by atoms with Crippen LogP contribution in [0, 0.1) is 33.3 Å². The molecule has 0 bridgehead atoms. The molecule has 6 nitrogen and oxygen atoms in total. The van der Waals surface area contributed by atoms with Crippen LogP contribution in [-0.2, 0) is 4.74 Å². The van der Waals surface area contributed by atoms with E-state index in [4.69, 9.17) is 4.74 Å². The Labute approximate surface area is 160 Å². The average Bonchev–Trinajstić information content (AvgIpc) is 3.03. The van der Waals surface area contributed by atoms with Gasteiger partial charge >= 0.3 is 0 Å². The van der Waals surface area contributed by atoms with Crippen molar-refractivity contribution in [3.63, 3.8) is 0 Å². The standard InChI is InChI=1S/C21H29NO5/c1-13(23)21(2,3)11-18(14-4-7-16(24)8-5-14)19-12-27-20-9-6-15(22(25)26)10-17(19)20/h4,6,9-10,16-20,23-24H,1,5,7-8,11-12H2,2-3H3. The smallest absolute Gasteiger partial charge is 0.265 e. The first-order chi connectivity index (χ1) is 12.7. The second-order valence-corrected chi connectivity index (χ2v) is 8.60. The largest absolute Gasteiger partial charge is 0.512 e. The van der Waals surface area contributed by atoms with Crippen molar-refractivity contribution in [2.24, 2.45) is 23.2 Å². The van der Waals surface area contributed by atoms with Crippen LogP contribution in [0.5, 0.6) is 0 Å². The van der Waals surface area contributed by atoms with Crippen molar-refractivity contribution in [3.8, 4) is 0 Å². The van der Waals surface area contributed by atoms with Crippen molar-refractivity contribution in [1.29, 1.82) is 0 Å². The number of allylic oxidation sites excluding steroid dienone is 3. The van der Waals surface area contributed by atoms with Gasteiger partial charge in [-0.15, -0.1) is 0 Å². The van der Waals surface area contributed by atoms with Crippen molar-refractivity contribution in [1.82, 2.24) is 0 Å². The molecule has 1 heterocycles. The van der Waals surface area contributed by atoms with E-state index in [0.29, 0.717) is 19.4 Å². The summed E-state index contributed by atoms with van der Waals surface area (Å²) in [7, 11) is 0. The molecule has 0 radical (unpaired) electrons. The minimum Gasteiger partial charge on any atom is -0.512 e. The molecule has 148 valence electrons. The summed E-state index contributed by atoms with van der Waals surface area (Å²) < 4.78 is 5.95. The summed E-state index contributed by atoms with van der Waals surface area (Å²) in [4.78, 5) is 10.9. The highest BCUT2D eigenvalue weighted by atomic mass is 16.6. The Hall–Kier alpha value is -1.92. The van der Waals surface area contributed by atoms with Gasteiger partial charge in [0.25, 0.3) is 5.70 Å². The molecule has 3 aliphatic rings. The van der Waals surface area contributed by atoms with Crippen molar-refractivity contribution < 1.29 is 19.9 Å². The fourth-order valence-corrected chi connectivity index (χ4v) is 4.45. The molecule has 0 spiro atoms. The molecule has 2 N–H and O–H groups in total. The zero-order valence-corrected chi connectivity index (χ0v) is 16.0. The van der Waals surface area contributed by atoms with Gasteiger partial charge in [0.1, 0.15) is 0 Å². The highest BCUT2D eigenvalue weighted by Crippen LogP contribution is 2.47. The lowest BCUT2D eigenvalue weighted by atomic mass is 9.67. The van der Waals surface area contributed by atoms with E-state index in [0.717, 1.165) is 12.8 Å². The first-order valence-corrected chi connectivity index (χ1v) is 9.60. The molecule has 5 atom stereocenters. The fraction of sp³-hybridized carbons (Fsp3) is 0.619. The zero-order valence-electron chi connectivity index (χ0n) is 16.0. The Balaban J connectivity index is 1.91. The Bertz CT molecular complexity index is 705. The maximum atomic E-state index is 11.2. The highest BCUT2D eigenvalue weighted by Gasteiger charge is 2.45. The fourth-order valence-electron chi connectivity index (χ4n) is 4.45.